The van der Waals surface area contributed by atoms with Crippen molar-refractivity contribution < 1.29 is 19.8 Å². The van der Waals surface area contributed by atoms with E-state index in [9.17, 15) is 14.7 Å². The minimum absolute atomic E-state index is 0.0499. The van der Waals surface area contributed by atoms with E-state index in [1.165, 1.54) is 0 Å². The van der Waals surface area contributed by atoms with Crippen molar-refractivity contribution in [2.24, 2.45) is 10.5 Å². The Labute approximate surface area is 117 Å². The maximum Gasteiger partial charge on any atom is 0.249 e. The van der Waals surface area contributed by atoms with Gasteiger partial charge < -0.3 is 20.8 Å². The Balaban J connectivity index is 3.91. The van der Waals surface area contributed by atoms with Crippen LogP contribution in [0.3, 0.4) is 0 Å². The Morgan fingerprint density at radius 1 is 1.35 bits per heavy atom. The van der Waals surface area contributed by atoms with E-state index in [1.54, 1.807) is 13.8 Å². The van der Waals surface area contributed by atoms with Gasteiger partial charge in [0.05, 0.1) is 6.61 Å². The molecule has 0 radical (unpaired) electrons. The topological polar surface area (TPSA) is 147 Å². The number of nitrogens with zero attached hydrogens (tertiary/aromatic N) is 3. The Hall–Kier alpha value is -1.83. The molecule has 20 heavy (non-hydrogen) atoms. The molecule has 0 aliphatic carbocycles. The Morgan fingerprint density at radius 2 is 2.00 bits per heavy atom. The van der Waals surface area contributed by atoms with Crippen LogP contribution in [0.5, 0.6) is 0 Å². The molecule has 4 N–H and O–H groups in total. The molecule has 0 fully saturated rings. The van der Waals surface area contributed by atoms with Crippen molar-refractivity contribution in [3.8, 4) is 0 Å². The van der Waals surface area contributed by atoms with E-state index in [1.807, 2.05) is 0 Å². The lowest BCUT2D eigenvalue weighted by molar-refractivity contribution is -0.137. The van der Waals surface area contributed by atoms with Gasteiger partial charge in [0.2, 0.25) is 11.8 Å². The maximum atomic E-state index is 11.6. The third kappa shape index (κ3) is 6.93. The molecule has 0 aliphatic rings. The molecule has 2 amide bonds. The van der Waals surface area contributed by atoms with Gasteiger partial charge in [-0.15, -0.1) is 0 Å². The summed E-state index contributed by atoms with van der Waals surface area (Å²) in [6.45, 7) is 3.25. The van der Waals surface area contributed by atoms with Crippen LogP contribution in [0.15, 0.2) is 5.11 Å². The molecule has 0 rings (SSSR count). The summed E-state index contributed by atoms with van der Waals surface area (Å²) in [4.78, 5) is 25.4. The van der Waals surface area contributed by atoms with E-state index in [2.05, 4.69) is 20.7 Å². The fraction of sp³-hybridized carbons (Fsp3) is 0.818. The van der Waals surface area contributed by atoms with Crippen LogP contribution >= 0.6 is 0 Å². The van der Waals surface area contributed by atoms with Crippen molar-refractivity contribution in [3.63, 3.8) is 0 Å². The average Bonchev–Trinajstić information content (AvgIpc) is 2.42. The van der Waals surface area contributed by atoms with Gasteiger partial charge in [-0.1, -0.05) is 19.0 Å². The molecule has 1 atom stereocenters. The number of azide groups is 1. The SMILES string of the molecule is CC(C)(CO)[C@@H](O)C(=O)NCCC(=O)NCCN=[N+]=[N-]. The lowest BCUT2D eigenvalue weighted by Crippen LogP contribution is -2.46. The summed E-state index contributed by atoms with van der Waals surface area (Å²) in [6.07, 6.45) is -1.30. The van der Waals surface area contributed by atoms with Crippen LogP contribution in [-0.4, -0.2) is 54.4 Å². The van der Waals surface area contributed by atoms with Crippen molar-refractivity contribution in [2.45, 2.75) is 26.4 Å². The Morgan fingerprint density at radius 3 is 2.55 bits per heavy atom. The van der Waals surface area contributed by atoms with E-state index in [-0.39, 0.29) is 38.6 Å². The molecule has 114 valence electrons. The molecular weight excluding hydrogens is 266 g/mol. The monoisotopic (exact) mass is 287 g/mol. The van der Waals surface area contributed by atoms with Crippen molar-refractivity contribution in [1.29, 1.82) is 0 Å². The number of hydrogen-bond donors (Lipinski definition) is 4. The predicted octanol–water partition coefficient (Wildman–Crippen LogP) is -0.701. The lowest BCUT2D eigenvalue weighted by Gasteiger charge is -2.27. The standard InChI is InChI=1S/C11H21N5O4/c1-11(2,7-17)9(19)10(20)14-4-3-8(18)13-5-6-15-16-12/h9,17,19H,3-7H2,1-2H3,(H,13,18)(H,14,20)/t9-/m0/s1. The largest absolute Gasteiger partial charge is 0.396 e. The molecule has 0 saturated carbocycles. The Bertz CT molecular complexity index is 379. The number of carbonyl (C=O) groups excluding carboxylic acids is 2. The molecule has 9 heteroatoms. The first-order valence-electron chi connectivity index (χ1n) is 6.19. The minimum Gasteiger partial charge on any atom is -0.396 e. The number of nitrogens with one attached hydrogen (secondary N) is 2. The van der Waals surface area contributed by atoms with Gasteiger partial charge in [0, 0.05) is 36.4 Å². The predicted molar refractivity (Wildman–Crippen MR) is 71.5 cm³/mol. The molecular formula is C11H21N5O4. The summed E-state index contributed by atoms with van der Waals surface area (Å²) in [5.74, 6) is -0.930. The number of hydrogen-bond acceptors (Lipinski definition) is 5. The van der Waals surface area contributed by atoms with Crippen LogP contribution in [0.4, 0.5) is 0 Å². The van der Waals surface area contributed by atoms with Gasteiger partial charge in [-0.3, -0.25) is 9.59 Å². The van der Waals surface area contributed by atoms with Gasteiger partial charge in [0.25, 0.3) is 0 Å². The van der Waals surface area contributed by atoms with E-state index >= 15 is 0 Å². The van der Waals surface area contributed by atoms with Crippen LogP contribution in [0, 0.1) is 5.41 Å². The molecule has 9 nitrogen and oxygen atoms in total. The highest BCUT2D eigenvalue weighted by Gasteiger charge is 2.32. The number of aliphatic hydroxyl groups excluding tert-OH is 2. The summed E-state index contributed by atoms with van der Waals surface area (Å²) in [7, 11) is 0. The second kappa shape index (κ2) is 9.13. The van der Waals surface area contributed by atoms with E-state index in [4.69, 9.17) is 10.6 Å². The van der Waals surface area contributed by atoms with Crippen LogP contribution in [0.2, 0.25) is 0 Å². The number of rotatable bonds is 9. The zero-order valence-corrected chi connectivity index (χ0v) is 11.7. The second-order valence-corrected chi connectivity index (χ2v) is 4.89. The fourth-order valence-corrected chi connectivity index (χ4v) is 1.22. The molecule has 0 aromatic heterocycles. The number of carbonyl (C=O) groups is 2. The first kappa shape index (κ1) is 18.2. The highest BCUT2D eigenvalue weighted by atomic mass is 16.3. The van der Waals surface area contributed by atoms with Crippen molar-refractivity contribution >= 4 is 11.8 Å². The van der Waals surface area contributed by atoms with Gasteiger partial charge in [-0.05, 0) is 5.53 Å². The molecule has 0 aromatic carbocycles. The van der Waals surface area contributed by atoms with E-state index in [0.717, 1.165) is 0 Å². The Kier molecular flexibility index (Phi) is 8.30. The summed E-state index contributed by atoms with van der Waals surface area (Å²) in [5.41, 5.74) is 7.09. The number of aliphatic hydroxyl groups is 2. The fourth-order valence-electron chi connectivity index (χ4n) is 1.22. The minimum atomic E-state index is -1.35. The smallest absolute Gasteiger partial charge is 0.249 e. The molecule has 0 aliphatic heterocycles. The highest BCUT2D eigenvalue weighted by Crippen LogP contribution is 2.19. The van der Waals surface area contributed by atoms with Crippen LogP contribution < -0.4 is 10.6 Å². The molecule has 0 saturated heterocycles. The summed E-state index contributed by atoms with van der Waals surface area (Å²) in [5, 5.41) is 26.9. The van der Waals surface area contributed by atoms with Crippen molar-refractivity contribution in [2.75, 3.05) is 26.2 Å². The molecule has 0 bridgehead atoms. The molecule has 0 aromatic rings. The molecule has 0 unspecified atom stereocenters. The van der Waals surface area contributed by atoms with Crippen LogP contribution in [0.1, 0.15) is 20.3 Å². The van der Waals surface area contributed by atoms with E-state index in [0.29, 0.717) is 0 Å². The van der Waals surface area contributed by atoms with Gasteiger partial charge in [-0.25, -0.2) is 0 Å². The van der Waals surface area contributed by atoms with Crippen LogP contribution in [0.25, 0.3) is 10.4 Å². The van der Waals surface area contributed by atoms with Crippen molar-refractivity contribution in [1.82, 2.24) is 10.6 Å². The third-order valence-electron chi connectivity index (χ3n) is 2.64. The lowest BCUT2D eigenvalue weighted by atomic mass is 9.87. The average molecular weight is 287 g/mol. The molecule has 0 spiro atoms. The van der Waals surface area contributed by atoms with E-state index < -0.39 is 17.4 Å². The second-order valence-electron chi connectivity index (χ2n) is 4.89. The quantitative estimate of drug-likeness (QED) is 0.192. The summed E-state index contributed by atoms with van der Waals surface area (Å²) < 4.78 is 0. The maximum absolute atomic E-state index is 11.6. The number of amides is 2. The third-order valence-corrected chi connectivity index (χ3v) is 2.64. The molecule has 0 heterocycles. The zero-order chi connectivity index (χ0) is 15.6. The summed E-state index contributed by atoms with van der Waals surface area (Å²) >= 11 is 0. The van der Waals surface area contributed by atoms with Gasteiger partial charge in [-0.2, -0.15) is 0 Å². The summed E-state index contributed by atoms with van der Waals surface area (Å²) in [6, 6.07) is 0. The zero-order valence-electron chi connectivity index (χ0n) is 11.7. The normalized spacial score (nSPS) is 12.2. The van der Waals surface area contributed by atoms with Gasteiger partial charge >= 0.3 is 0 Å². The highest BCUT2D eigenvalue weighted by molar-refractivity contribution is 5.82. The first-order valence-corrected chi connectivity index (χ1v) is 6.19. The van der Waals surface area contributed by atoms with Crippen LogP contribution in [-0.2, 0) is 9.59 Å². The van der Waals surface area contributed by atoms with Gasteiger partial charge in [0.15, 0.2) is 0 Å². The van der Waals surface area contributed by atoms with Gasteiger partial charge in [0.1, 0.15) is 6.10 Å². The first-order chi connectivity index (χ1) is 9.35. The van der Waals surface area contributed by atoms with Crippen molar-refractivity contribution in [3.05, 3.63) is 10.4 Å².